The number of benzene rings is 3. The van der Waals surface area contributed by atoms with Crippen molar-refractivity contribution in [2.45, 2.75) is 0 Å². The summed E-state index contributed by atoms with van der Waals surface area (Å²) >= 11 is 0. The lowest BCUT2D eigenvalue weighted by Gasteiger charge is -2.09. The number of hydrogen-bond acceptors (Lipinski definition) is 4. The molecule has 26 heavy (non-hydrogen) atoms. The molecule has 0 aromatic heterocycles. The minimum Gasteiger partial charge on any atom is -0.545 e. The molecular weight excluding hydrogens is 332 g/mol. The molecule has 0 aliphatic heterocycles. The van der Waals surface area contributed by atoms with Crippen molar-refractivity contribution >= 4 is 23.3 Å². The third-order valence-corrected chi connectivity index (χ3v) is 3.05. The monoisotopic (exact) mass is 352 g/mol. The summed E-state index contributed by atoms with van der Waals surface area (Å²) in [5.74, 6) is -3.04. The Bertz CT molecular complexity index is 751. The molecule has 0 heterocycles. The Hall–Kier alpha value is -3.48. The van der Waals surface area contributed by atoms with Crippen LogP contribution in [0.2, 0.25) is 0 Å². The molecule has 3 aromatic rings. The normalized spacial score (nSPS) is 9.00. The van der Waals surface area contributed by atoms with Crippen LogP contribution in [0.5, 0.6) is 0 Å². The van der Waals surface area contributed by atoms with Crippen LogP contribution in [0.15, 0.2) is 84.9 Å². The van der Waals surface area contributed by atoms with Crippen molar-refractivity contribution in [2.24, 2.45) is 0 Å². The number of quaternary nitrogens is 2. The molecule has 0 bridgehead atoms. The maximum atomic E-state index is 10.3. The SMILES string of the molecule is O=C([O-])c1ccccc1C(=O)[O-].[NH3+]c1ccccc1.[NH3+]c1ccccc1. The quantitative estimate of drug-likeness (QED) is 0.644. The Labute approximate surface area is 151 Å². The average Bonchev–Trinajstić information content (AvgIpc) is 2.64. The second kappa shape index (κ2) is 11.1. The van der Waals surface area contributed by atoms with Gasteiger partial charge in [-0.25, -0.2) is 0 Å². The van der Waals surface area contributed by atoms with E-state index in [1.54, 1.807) is 0 Å². The largest absolute Gasteiger partial charge is 0.545 e. The van der Waals surface area contributed by atoms with E-state index >= 15 is 0 Å². The molecule has 0 saturated heterocycles. The predicted molar refractivity (Wildman–Crippen MR) is 93.1 cm³/mol. The van der Waals surface area contributed by atoms with Crippen molar-refractivity contribution in [2.75, 3.05) is 0 Å². The van der Waals surface area contributed by atoms with E-state index in [1.807, 2.05) is 60.7 Å². The topological polar surface area (TPSA) is 136 Å². The van der Waals surface area contributed by atoms with Crippen LogP contribution in [0.1, 0.15) is 20.7 Å². The molecule has 0 unspecified atom stereocenters. The van der Waals surface area contributed by atoms with Gasteiger partial charge in [-0.3, -0.25) is 0 Å². The van der Waals surface area contributed by atoms with Gasteiger partial charge in [0.05, 0.1) is 11.9 Å². The summed E-state index contributed by atoms with van der Waals surface area (Å²) in [6.45, 7) is 0. The van der Waals surface area contributed by atoms with Gasteiger partial charge in [-0.05, 0) is 24.3 Å². The molecule has 0 aliphatic carbocycles. The standard InChI is InChI=1S/C8H6O4.2C6H7N/c9-7(10)5-3-1-2-4-6(5)8(11)12;2*7-6-4-2-1-3-5-6/h1-4H,(H,9,10)(H,11,12);2*1-5H,7H2. The van der Waals surface area contributed by atoms with Crippen molar-refractivity contribution in [3.8, 4) is 0 Å². The van der Waals surface area contributed by atoms with E-state index in [-0.39, 0.29) is 11.1 Å². The molecule has 0 spiro atoms. The number of carbonyl (C=O) groups is 2. The Morgan fingerprint density at radius 3 is 1.00 bits per heavy atom. The van der Waals surface area contributed by atoms with Crippen LogP contribution in [0.25, 0.3) is 0 Å². The highest BCUT2D eigenvalue weighted by atomic mass is 16.4. The molecule has 0 fully saturated rings. The van der Waals surface area contributed by atoms with Crippen LogP contribution in [-0.4, -0.2) is 11.9 Å². The summed E-state index contributed by atoms with van der Waals surface area (Å²) in [5, 5.41) is 20.6. The van der Waals surface area contributed by atoms with E-state index in [9.17, 15) is 19.8 Å². The summed E-state index contributed by atoms with van der Waals surface area (Å²) in [5.41, 5.74) is 8.86. The first-order valence-electron chi connectivity index (χ1n) is 7.67. The molecule has 0 atom stereocenters. The van der Waals surface area contributed by atoms with E-state index < -0.39 is 11.9 Å². The number of rotatable bonds is 2. The van der Waals surface area contributed by atoms with Gasteiger partial charge >= 0.3 is 0 Å². The van der Waals surface area contributed by atoms with Crippen molar-refractivity contribution < 1.29 is 31.3 Å². The molecule has 6 heteroatoms. The molecule has 134 valence electrons. The molecule has 0 amide bonds. The lowest BCUT2D eigenvalue weighted by molar-refractivity contribution is -0.259. The summed E-state index contributed by atoms with van der Waals surface area (Å²) in [4.78, 5) is 20.6. The van der Waals surface area contributed by atoms with Gasteiger partial charge in [0.15, 0.2) is 0 Å². The molecule has 6 N–H and O–H groups in total. The van der Waals surface area contributed by atoms with Crippen molar-refractivity contribution in [1.29, 1.82) is 0 Å². The number of carbonyl (C=O) groups excluding carboxylic acids is 2. The van der Waals surface area contributed by atoms with Gasteiger partial charge in [-0.1, -0.05) is 60.7 Å². The molecule has 3 aromatic carbocycles. The van der Waals surface area contributed by atoms with Crippen LogP contribution in [0.4, 0.5) is 11.4 Å². The summed E-state index contributed by atoms with van der Waals surface area (Å²) in [6.07, 6.45) is 0. The van der Waals surface area contributed by atoms with E-state index in [0.29, 0.717) is 0 Å². The summed E-state index contributed by atoms with van der Waals surface area (Å²) < 4.78 is 0. The molecule has 3 rings (SSSR count). The number of carboxylic acids is 2. The Kier molecular flexibility index (Phi) is 8.81. The van der Waals surface area contributed by atoms with Crippen LogP contribution in [0, 0.1) is 0 Å². The van der Waals surface area contributed by atoms with E-state index in [2.05, 4.69) is 11.5 Å². The highest BCUT2D eigenvalue weighted by molar-refractivity contribution is 5.99. The number of aromatic carboxylic acids is 2. The number of carboxylic acid groups (broad SMARTS) is 2. The first-order chi connectivity index (χ1) is 12.4. The summed E-state index contributed by atoms with van der Waals surface area (Å²) in [6, 6.07) is 24.9. The average molecular weight is 352 g/mol. The van der Waals surface area contributed by atoms with Gasteiger partial charge in [0.2, 0.25) is 0 Å². The lowest BCUT2D eigenvalue weighted by Crippen LogP contribution is -2.39. The van der Waals surface area contributed by atoms with Gasteiger partial charge in [0, 0.05) is 11.1 Å². The molecule has 0 saturated carbocycles. The van der Waals surface area contributed by atoms with Crippen LogP contribution < -0.4 is 21.7 Å². The Morgan fingerprint density at radius 2 is 0.808 bits per heavy atom. The zero-order valence-corrected chi connectivity index (χ0v) is 14.1. The smallest absolute Gasteiger partial charge is 0.127 e. The fourth-order valence-electron chi connectivity index (χ4n) is 1.80. The molecule has 6 nitrogen and oxygen atoms in total. The van der Waals surface area contributed by atoms with Crippen LogP contribution >= 0.6 is 0 Å². The zero-order valence-electron chi connectivity index (χ0n) is 14.1. The van der Waals surface area contributed by atoms with Crippen molar-refractivity contribution in [3.05, 3.63) is 96.1 Å². The molecule has 0 aliphatic rings. The minimum atomic E-state index is -1.52. The highest BCUT2D eigenvalue weighted by Crippen LogP contribution is 2.05. The zero-order chi connectivity index (χ0) is 19.4. The van der Waals surface area contributed by atoms with E-state index in [0.717, 1.165) is 23.5 Å². The van der Waals surface area contributed by atoms with Crippen LogP contribution in [0.3, 0.4) is 0 Å². The third-order valence-electron chi connectivity index (χ3n) is 3.05. The second-order valence-corrected chi connectivity index (χ2v) is 5.09. The second-order valence-electron chi connectivity index (χ2n) is 5.09. The van der Waals surface area contributed by atoms with Crippen molar-refractivity contribution in [1.82, 2.24) is 0 Å². The lowest BCUT2D eigenvalue weighted by atomic mass is 10.1. The fourth-order valence-corrected chi connectivity index (χ4v) is 1.80. The Balaban J connectivity index is 0.000000207. The van der Waals surface area contributed by atoms with Gasteiger partial charge in [-0.2, -0.15) is 0 Å². The van der Waals surface area contributed by atoms with Gasteiger partial charge < -0.3 is 31.3 Å². The van der Waals surface area contributed by atoms with Gasteiger partial charge in [0.25, 0.3) is 0 Å². The minimum absolute atomic E-state index is 0.363. The van der Waals surface area contributed by atoms with Gasteiger partial charge in [-0.15, -0.1) is 0 Å². The maximum Gasteiger partial charge on any atom is 0.127 e. The maximum absolute atomic E-state index is 10.3. The first-order valence-corrected chi connectivity index (χ1v) is 7.67. The molecular formula is C20H20N2O4. The van der Waals surface area contributed by atoms with Crippen LogP contribution in [-0.2, 0) is 0 Å². The highest BCUT2D eigenvalue weighted by Gasteiger charge is 2.01. The predicted octanol–water partition coefficient (Wildman–Crippen LogP) is -0.466. The van der Waals surface area contributed by atoms with E-state index in [4.69, 9.17) is 0 Å². The third kappa shape index (κ3) is 7.87. The Morgan fingerprint density at radius 1 is 0.538 bits per heavy atom. The number of hydrogen-bond donors (Lipinski definition) is 2. The fraction of sp³-hybridized carbons (Fsp3) is 0. The van der Waals surface area contributed by atoms with Crippen molar-refractivity contribution in [3.63, 3.8) is 0 Å². The first kappa shape index (κ1) is 20.6. The molecule has 0 radical (unpaired) electrons. The van der Waals surface area contributed by atoms with E-state index in [1.165, 1.54) is 12.1 Å². The van der Waals surface area contributed by atoms with Gasteiger partial charge in [0.1, 0.15) is 11.4 Å². The summed E-state index contributed by atoms with van der Waals surface area (Å²) in [7, 11) is 0.